The van der Waals surface area contributed by atoms with Crippen LogP contribution in [0.15, 0.2) is 18.2 Å². The molecule has 0 radical (unpaired) electrons. The molecule has 1 heterocycles. The molecule has 0 fully saturated rings. The molecular formula is C15H18F3NO. The van der Waals surface area contributed by atoms with Crippen LogP contribution in [-0.2, 0) is 11.0 Å². The van der Waals surface area contributed by atoms with Crippen molar-refractivity contribution in [3.05, 3.63) is 29.3 Å². The lowest BCUT2D eigenvalue weighted by Gasteiger charge is -2.24. The zero-order valence-electron chi connectivity index (χ0n) is 11.8. The third-order valence-electron chi connectivity index (χ3n) is 3.68. The van der Waals surface area contributed by atoms with Crippen LogP contribution in [-0.4, -0.2) is 18.4 Å². The van der Waals surface area contributed by atoms with Crippen LogP contribution in [0.5, 0.6) is 0 Å². The largest absolute Gasteiger partial charge is 0.416 e. The molecule has 2 rings (SSSR count). The highest BCUT2D eigenvalue weighted by atomic mass is 19.4. The second-order valence-electron chi connectivity index (χ2n) is 5.59. The van der Waals surface area contributed by atoms with Gasteiger partial charge in [0.2, 0.25) is 0 Å². The number of nitrogens with zero attached hydrogens (tertiary/aromatic N) is 1. The van der Waals surface area contributed by atoms with Crippen LogP contribution in [0.25, 0.3) is 0 Å². The molecule has 0 amide bonds. The highest BCUT2D eigenvalue weighted by Gasteiger charge is 2.41. The van der Waals surface area contributed by atoms with E-state index in [1.165, 1.54) is 13.0 Å². The number of anilines is 1. The average Bonchev–Trinajstić information content (AvgIpc) is 2.66. The van der Waals surface area contributed by atoms with Crippen molar-refractivity contribution in [2.24, 2.45) is 0 Å². The Morgan fingerprint density at radius 2 is 2.05 bits per heavy atom. The fourth-order valence-corrected chi connectivity index (χ4v) is 2.91. The monoisotopic (exact) mass is 285 g/mol. The van der Waals surface area contributed by atoms with E-state index >= 15 is 0 Å². The Balaban J connectivity index is 2.55. The number of carbonyl (C=O) groups excluding carboxylic acids is 1. The summed E-state index contributed by atoms with van der Waals surface area (Å²) in [5, 5.41) is 0. The molecule has 0 saturated carbocycles. The summed E-state index contributed by atoms with van der Waals surface area (Å²) < 4.78 is 39.5. The number of hydrogen-bond acceptors (Lipinski definition) is 2. The minimum Gasteiger partial charge on any atom is -0.368 e. The normalized spacial score (nSPS) is 18.6. The number of halogens is 3. The highest BCUT2D eigenvalue weighted by Crippen LogP contribution is 2.46. The highest BCUT2D eigenvalue weighted by molar-refractivity contribution is 5.78. The molecule has 1 aliphatic heterocycles. The maximum atomic E-state index is 13.2. The maximum Gasteiger partial charge on any atom is 0.416 e. The number of rotatable bonds is 3. The summed E-state index contributed by atoms with van der Waals surface area (Å²) >= 11 is 0. The van der Waals surface area contributed by atoms with Gasteiger partial charge in [0.25, 0.3) is 0 Å². The second kappa shape index (κ2) is 5.11. The van der Waals surface area contributed by atoms with E-state index in [2.05, 4.69) is 0 Å². The Morgan fingerprint density at radius 1 is 1.40 bits per heavy atom. The van der Waals surface area contributed by atoms with Crippen LogP contribution in [0, 0.1) is 0 Å². The molecule has 0 N–H and O–H groups in total. The minimum absolute atomic E-state index is 0.0801. The number of alkyl halides is 3. The summed E-state index contributed by atoms with van der Waals surface area (Å²) in [5.41, 5.74) is 0.286. The van der Waals surface area contributed by atoms with Gasteiger partial charge in [0, 0.05) is 30.6 Å². The summed E-state index contributed by atoms with van der Waals surface area (Å²) in [6.07, 6.45) is -4.23. The van der Waals surface area contributed by atoms with Crippen molar-refractivity contribution in [2.75, 3.05) is 11.4 Å². The van der Waals surface area contributed by atoms with Gasteiger partial charge in [-0.05, 0) is 38.5 Å². The molecule has 1 aliphatic rings. The number of Topliss-reactive ketones (excluding diaryl/α,β-unsaturated/α-hetero) is 1. The van der Waals surface area contributed by atoms with Gasteiger partial charge in [0.05, 0.1) is 5.56 Å². The Bertz CT molecular complexity index is 522. The lowest BCUT2D eigenvalue weighted by atomic mass is 9.91. The van der Waals surface area contributed by atoms with Crippen molar-refractivity contribution in [1.29, 1.82) is 0 Å². The van der Waals surface area contributed by atoms with Gasteiger partial charge >= 0.3 is 6.18 Å². The summed E-state index contributed by atoms with van der Waals surface area (Å²) in [6, 6.07) is 4.36. The third-order valence-corrected chi connectivity index (χ3v) is 3.68. The zero-order valence-corrected chi connectivity index (χ0v) is 11.8. The van der Waals surface area contributed by atoms with Crippen molar-refractivity contribution >= 4 is 11.5 Å². The second-order valence-corrected chi connectivity index (χ2v) is 5.59. The minimum atomic E-state index is -4.38. The van der Waals surface area contributed by atoms with Gasteiger partial charge < -0.3 is 9.69 Å². The van der Waals surface area contributed by atoms with Crippen LogP contribution in [0.4, 0.5) is 18.9 Å². The maximum absolute atomic E-state index is 13.2. The molecule has 1 aromatic carbocycles. The van der Waals surface area contributed by atoms with Crippen molar-refractivity contribution < 1.29 is 18.0 Å². The van der Waals surface area contributed by atoms with Gasteiger partial charge in [-0.15, -0.1) is 0 Å². The van der Waals surface area contributed by atoms with E-state index in [9.17, 15) is 18.0 Å². The van der Waals surface area contributed by atoms with Gasteiger partial charge in [-0.2, -0.15) is 13.2 Å². The fourth-order valence-electron chi connectivity index (χ4n) is 2.91. The van der Waals surface area contributed by atoms with E-state index < -0.39 is 11.7 Å². The smallest absolute Gasteiger partial charge is 0.368 e. The number of hydrogen-bond donors (Lipinski definition) is 0. The van der Waals surface area contributed by atoms with Crippen molar-refractivity contribution in [1.82, 2.24) is 0 Å². The quantitative estimate of drug-likeness (QED) is 0.836. The van der Waals surface area contributed by atoms with E-state index in [4.69, 9.17) is 0 Å². The standard InChI is InChI=1S/C15H18F3NO/c1-9(2)19-8-11(7-10(3)20)14-12(15(16,17)18)5-4-6-13(14)19/h4-6,9,11H,7-8H2,1-3H3. The van der Waals surface area contributed by atoms with Crippen LogP contribution in [0.1, 0.15) is 44.2 Å². The topological polar surface area (TPSA) is 20.3 Å². The lowest BCUT2D eigenvalue weighted by molar-refractivity contribution is -0.138. The first-order valence-corrected chi connectivity index (χ1v) is 6.68. The number of carbonyl (C=O) groups is 1. The van der Waals surface area contributed by atoms with E-state index in [1.807, 2.05) is 18.7 Å². The third kappa shape index (κ3) is 2.67. The Labute approximate surface area is 116 Å². The first-order chi connectivity index (χ1) is 9.21. The van der Waals surface area contributed by atoms with E-state index in [-0.39, 0.29) is 29.7 Å². The molecule has 1 atom stereocenters. The van der Waals surface area contributed by atoms with Crippen LogP contribution in [0.2, 0.25) is 0 Å². The summed E-state index contributed by atoms with van der Waals surface area (Å²) in [5.74, 6) is -0.453. The molecule has 0 spiro atoms. The molecule has 1 aromatic rings. The van der Waals surface area contributed by atoms with Gasteiger partial charge in [-0.1, -0.05) is 6.07 Å². The molecule has 110 valence electrons. The van der Waals surface area contributed by atoms with E-state index in [0.717, 1.165) is 6.07 Å². The van der Waals surface area contributed by atoms with E-state index in [0.29, 0.717) is 12.2 Å². The molecule has 20 heavy (non-hydrogen) atoms. The number of ketones is 1. The SMILES string of the molecule is CC(=O)CC1CN(C(C)C)c2cccc(C(F)(F)F)c21. The molecule has 0 aliphatic carbocycles. The number of fused-ring (bicyclic) bond motifs is 1. The summed E-state index contributed by atoms with van der Waals surface area (Å²) in [7, 11) is 0. The van der Waals surface area contributed by atoms with Crippen molar-refractivity contribution in [2.45, 2.75) is 45.3 Å². The lowest BCUT2D eigenvalue weighted by Crippen LogP contribution is -2.29. The Morgan fingerprint density at radius 3 is 2.55 bits per heavy atom. The molecule has 0 aromatic heterocycles. The van der Waals surface area contributed by atoms with Gasteiger partial charge in [0.15, 0.2) is 0 Å². The first kappa shape index (κ1) is 14.9. The van der Waals surface area contributed by atoms with Crippen molar-refractivity contribution in [3.8, 4) is 0 Å². The van der Waals surface area contributed by atoms with Crippen molar-refractivity contribution in [3.63, 3.8) is 0 Å². The summed E-state index contributed by atoms with van der Waals surface area (Å²) in [4.78, 5) is 13.3. The molecule has 0 bridgehead atoms. The molecule has 5 heteroatoms. The predicted octanol–water partition coefficient (Wildman–Crippen LogP) is 4.00. The fraction of sp³-hybridized carbons (Fsp3) is 0.533. The first-order valence-electron chi connectivity index (χ1n) is 6.68. The average molecular weight is 285 g/mol. The Kier molecular flexibility index (Phi) is 3.80. The predicted molar refractivity (Wildman–Crippen MR) is 72.0 cm³/mol. The Hall–Kier alpha value is -1.52. The van der Waals surface area contributed by atoms with Gasteiger partial charge in [-0.3, -0.25) is 0 Å². The van der Waals surface area contributed by atoms with E-state index in [1.54, 1.807) is 6.07 Å². The van der Waals surface area contributed by atoms with Gasteiger partial charge in [0.1, 0.15) is 5.78 Å². The number of benzene rings is 1. The van der Waals surface area contributed by atoms with Crippen LogP contribution in [0.3, 0.4) is 0 Å². The zero-order chi connectivity index (χ0) is 15.1. The molecule has 1 unspecified atom stereocenters. The van der Waals surface area contributed by atoms with Crippen LogP contribution >= 0.6 is 0 Å². The molecule has 2 nitrogen and oxygen atoms in total. The molecule has 0 saturated heterocycles. The van der Waals surface area contributed by atoms with Gasteiger partial charge in [-0.25, -0.2) is 0 Å². The van der Waals surface area contributed by atoms with Crippen LogP contribution < -0.4 is 4.90 Å². The summed E-state index contributed by atoms with van der Waals surface area (Å²) in [6.45, 7) is 5.79. The molecular weight excluding hydrogens is 267 g/mol.